The molecule has 2 aromatic carbocycles. The van der Waals surface area contributed by atoms with E-state index in [2.05, 4.69) is 9.97 Å². The van der Waals surface area contributed by atoms with E-state index in [0.717, 1.165) is 5.56 Å². The molecule has 0 radical (unpaired) electrons. The van der Waals surface area contributed by atoms with Gasteiger partial charge >= 0.3 is 5.97 Å². The van der Waals surface area contributed by atoms with Crippen LogP contribution in [0.25, 0.3) is 22.6 Å². The number of aromatic nitrogens is 2. The number of nitro groups is 1. The van der Waals surface area contributed by atoms with E-state index < -0.39 is 10.9 Å². The average molecular weight is 406 g/mol. The quantitative estimate of drug-likeness (QED) is 0.336. The maximum Gasteiger partial charge on any atom is 0.341 e. The lowest BCUT2D eigenvalue weighted by Gasteiger charge is -2.16. The van der Waals surface area contributed by atoms with Gasteiger partial charge in [-0.05, 0) is 14.1 Å². The zero-order valence-electron chi connectivity index (χ0n) is 17.0. The number of hydrogen-bond donors (Lipinski definition) is 0. The highest BCUT2D eigenvalue weighted by Crippen LogP contribution is 2.30. The zero-order valence-corrected chi connectivity index (χ0v) is 17.0. The third-order valence-corrected chi connectivity index (χ3v) is 4.53. The first-order valence-electron chi connectivity index (χ1n) is 9.35. The maximum atomic E-state index is 12.7. The number of methoxy groups -OCH3 is 1. The molecule has 0 fully saturated rings. The molecule has 0 aliphatic carbocycles. The molecule has 154 valence electrons. The molecule has 1 aromatic heterocycles. The maximum absolute atomic E-state index is 12.7. The monoisotopic (exact) mass is 406 g/mol. The SMILES string of the molecule is COC(=O)c1c(CCN(C)C)nc(-c2ccccc2)nc1-c1cccc([N+](=O)[O-])c1. The third kappa shape index (κ3) is 4.66. The number of nitrogens with zero attached hydrogens (tertiary/aromatic N) is 4. The Kier molecular flexibility index (Phi) is 6.48. The summed E-state index contributed by atoms with van der Waals surface area (Å²) in [4.78, 5) is 34.7. The van der Waals surface area contributed by atoms with Gasteiger partial charge in [-0.25, -0.2) is 14.8 Å². The first kappa shape index (κ1) is 21.1. The van der Waals surface area contributed by atoms with Crippen LogP contribution in [-0.4, -0.2) is 53.5 Å². The van der Waals surface area contributed by atoms with Gasteiger partial charge in [0.05, 0.1) is 23.4 Å². The van der Waals surface area contributed by atoms with Crippen molar-refractivity contribution in [3.63, 3.8) is 0 Å². The summed E-state index contributed by atoms with van der Waals surface area (Å²) in [5.41, 5.74) is 2.22. The van der Waals surface area contributed by atoms with Crippen LogP contribution in [0.3, 0.4) is 0 Å². The Bertz CT molecular complexity index is 1070. The molecule has 0 aliphatic heterocycles. The van der Waals surface area contributed by atoms with Crippen molar-refractivity contribution in [2.24, 2.45) is 0 Å². The standard InChI is InChI=1S/C22H22N4O4/c1-25(2)13-12-18-19(22(27)30-3)20(16-10-7-11-17(14-16)26(28)29)24-21(23-18)15-8-5-4-6-9-15/h4-11,14H,12-13H2,1-3H3. The number of likely N-dealkylation sites (N-methyl/N-ethyl adjacent to an activating group) is 1. The number of non-ortho nitro benzene ring substituents is 1. The fourth-order valence-electron chi connectivity index (χ4n) is 3.03. The van der Waals surface area contributed by atoms with Gasteiger partial charge in [0, 0.05) is 36.2 Å². The number of carbonyl (C=O) groups excluding carboxylic acids is 1. The summed E-state index contributed by atoms with van der Waals surface area (Å²) in [6.45, 7) is 0.656. The lowest BCUT2D eigenvalue weighted by Crippen LogP contribution is -2.19. The first-order valence-corrected chi connectivity index (χ1v) is 9.35. The van der Waals surface area contributed by atoms with Crippen molar-refractivity contribution in [3.8, 4) is 22.6 Å². The summed E-state index contributed by atoms with van der Waals surface area (Å²) in [6, 6.07) is 15.4. The van der Waals surface area contributed by atoms with Crippen LogP contribution in [0.4, 0.5) is 5.69 Å². The van der Waals surface area contributed by atoms with Crippen LogP contribution in [0.2, 0.25) is 0 Å². The van der Waals surface area contributed by atoms with Gasteiger partial charge < -0.3 is 9.64 Å². The van der Waals surface area contributed by atoms with Gasteiger partial charge in [-0.2, -0.15) is 0 Å². The summed E-state index contributed by atoms with van der Waals surface area (Å²) in [6.07, 6.45) is 0.488. The normalized spacial score (nSPS) is 10.8. The van der Waals surface area contributed by atoms with Gasteiger partial charge in [0.2, 0.25) is 0 Å². The van der Waals surface area contributed by atoms with Gasteiger partial charge in [0.1, 0.15) is 5.56 Å². The number of nitro benzene ring substituents is 1. The van der Waals surface area contributed by atoms with Crippen LogP contribution in [0, 0.1) is 10.1 Å². The smallest absolute Gasteiger partial charge is 0.341 e. The lowest BCUT2D eigenvalue weighted by molar-refractivity contribution is -0.384. The van der Waals surface area contributed by atoms with Crippen LogP contribution in [0.15, 0.2) is 54.6 Å². The number of esters is 1. The van der Waals surface area contributed by atoms with Crippen LogP contribution in [0.5, 0.6) is 0 Å². The summed E-state index contributed by atoms with van der Waals surface area (Å²) in [7, 11) is 5.15. The highest BCUT2D eigenvalue weighted by Gasteiger charge is 2.24. The number of rotatable bonds is 7. The fourth-order valence-corrected chi connectivity index (χ4v) is 3.03. The predicted octanol–water partition coefficient (Wildman–Crippen LogP) is 3.61. The molecule has 0 spiro atoms. The molecule has 30 heavy (non-hydrogen) atoms. The van der Waals surface area contributed by atoms with Gasteiger partial charge in [-0.15, -0.1) is 0 Å². The third-order valence-electron chi connectivity index (χ3n) is 4.53. The van der Waals surface area contributed by atoms with E-state index in [9.17, 15) is 14.9 Å². The van der Waals surface area contributed by atoms with Crippen molar-refractivity contribution < 1.29 is 14.5 Å². The van der Waals surface area contributed by atoms with Crippen LogP contribution in [0.1, 0.15) is 16.1 Å². The fraction of sp³-hybridized carbons (Fsp3) is 0.227. The zero-order chi connectivity index (χ0) is 21.7. The molecule has 8 heteroatoms. The average Bonchev–Trinajstić information content (AvgIpc) is 2.77. The van der Waals surface area contributed by atoms with E-state index in [1.54, 1.807) is 12.1 Å². The Morgan fingerprint density at radius 2 is 1.77 bits per heavy atom. The molecule has 1 heterocycles. The summed E-state index contributed by atoms with van der Waals surface area (Å²) < 4.78 is 5.00. The second kappa shape index (κ2) is 9.23. The van der Waals surface area contributed by atoms with E-state index in [0.29, 0.717) is 35.7 Å². The molecular formula is C22H22N4O4. The molecule has 3 rings (SSSR count). The van der Waals surface area contributed by atoms with E-state index in [4.69, 9.17) is 4.74 Å². The van der Waals surface area contributed by atoms with Crippen LogP contribution >= 0.6 is 0 Å². The number of ether oxygens (including phenoxy) is 1. The Balaban J connectivity index is 2.28. The summed E-state index contributed by atoms with van der Waals surface area (Å²) in [5.74, 6) is -0.136. The Hall–Kier alpha value is -3.65. The van der Waals surface area contributed by atoms with Crippen molar-refractivity contribution >= 4 is 11.7 Å². The molecule has 0 saturated carbocycles. The molecule has 0 bridgehead atoms. The highest BCUT2D eigenvalue weighted by atomic mass is 16.6. The van der Waals surface area contributed by atoms with Gasteiger partial charge in [-0.1, -0.05) is 42.5 Å². The minimum Gasteiger partial charge on any atom is -0.465 e. The number of hydrogen-bond acceptors (Lipinski definition) is 7. The van der Waals surface area contributed by atoms with Crippen molar-refractivity contribution in [1.29, 1.82) is 0 Å². The Labute approximate surface area is 174 Å². The van der Waals surface area contributed by atoms with Crippen LogP contribution in [-0.2, 0) is 11.2 Å². The lowest BCUT2D eigenvalue weighted by atomic mass is 10.0. The van der Waals surface area contributed by atoms with Gasteiger partial charge in [-0.3, -0.25) is 10.1 Å². The number of benzene rings is 2. The summed E-state index contributed by atoms with van der Waals surface area (Å²) >= 11 is 0. The number of carbonyl (C=O) groups is 1. The Morgan fingerprint density at radius 1 is 1.07 bits per heavy atom. The molecule has 0 unspecified atom stereocenters. The van der Waals surface area contributed by atoms with E-state index in [1.165, 1.54) is 19.2 Å². The Morgan fingerprint density at radius 3 is 2.40 bits per heavy atom. The highest BCUT2D eigenvalue weighted by molar-refractivity contribution is 5.97. The first-order chi connectivity index (χ1) is 14.4. The molecule has 0 saturated heterocycles. The molecule has 0 amide bonds. The van der Waals surface area contributed by atoms with Gasteiger partial charge in [0.15, 0.2) is 5.82 Å². The van der Waals surface area contributed by atoms with Crippen LogP contribution < -0.4 is 0 Å². The van der Waals surface area contributed by atoms with Crippen molar-refractivity contribution in [3.05, 3.63) is 76.0 Å². The molecule has 0 aliphatic rings. The molecule has 3 aromatic rings. The van der Waals surface area contributed by atoms with E-state index >= 15 is 0 Å². The second-order valence-electron chi connectivity index (χ2n) is 6.94. The largest absolute Gasteiger partial charge is 0.465 e. The molecule has 0 N–H and O–H groups in total. The second-order valence-corrected chi connectivity index (χ2v) is 6.94. The van der Waals surface area contributed by atoms with Crippen molar-refractivity contribution in [2.75, 3.05) is 27.7 Å². The summed E-state index contributed by atoms with van der Waals surface area (Å²) in [5, 5.41) is 11.3. The van der Waals surface area contributed by atoms with Crippen molar-refractivity contribution in [2.45, 2.75) is 6.42 Å². The minimum atomic E-state index is -0.579. The predicted molar refractivity (Wildman–Crippen MR) is 113 cm³/mol. The van der Waals surface area contributed by atoms with E-state index in [1.807, 2.05) is 49.3 Å². The van der Waals surface area contributed by atoms with E-state index in [-0.39, 0.29) is 11.3 Å². The van der Waals surface area contributed by atoms with Gasteiger partial charge in [0.25, 0.3) is 5.69 Å². The minimum absolute atomic E-state index is 0.0852. The molecule has 0 atom stereocenters. The van der Waals surface area contributed by atoms with Crippen molar-refractivity contribution in [1.82, 2.24) is 14.9 Å². The molecular weight excluding hydrogens is 384 g/mol. The molecule has 8 nitrogen and oxygen atoms in total. The topological polar surface area (TPSA) is 98.5 Å².